The second-order valence-corrected chi connectivity index (χ2v) is 6.39. The van der Waals surface area contributed by atoms with Crippen LogP contribution >= 0.6 is 0 Å². The van der Waals surface area contributed by atoms with Gasteiger partial charge < -0.3 is 16.0 Å². The van der Waals surface area contributed by atoms with Crippen LogP contribution in [0.3, 0.4) is 0 Å². The van der Waals surface area contributed by atoms with Crippen LogP contribution in [0.5, 0.6) is 0 Å². The average Bonchev–Trinajstić information content (AvgIpc) is 3.32. The molecule has 3 heterocycles. The molecule has 0 aromatic carbocycles. The van der Waals surface area contributed by atoms with Crippen molar-refractivity contribution < 1.29 is 4.79 Å². The average molecular weight is 351 g/mol. The van der Waals surface area contributed by atoms with Crippen LogP contribution in [0.2, 0.25) is 0 Å². The van der Waals surface area contributed by atoms with Crippen molar-refractivity contribution in [2.75, 3.05) is 23.0 Å². The van der Waals surface area contributed by atoms with Crippen LogP contribution in [-0.2, 0) is 0 Å². The minimum absolute atomic E-state index is 0.267. The molecule has 0 bridgehead atoms. The molecule has 3 aromatic heterocycles. The van der Waals surface area contributed by atoms with E-state index in [1.54, 1.807) is 42.3 Å². The first-order valence-corrected chi connectivity index (χ1v) is 8.79. The van der Waals surface area contributed by atoms with Crippen LogP contribution in [-0.4, -0.2) is 38.6 Å². The molecule has 1 aliphatic rings. The summed E-state index contributed by atoms with van der Waals surface area (Å²) in [6.45, 7) is 0. The van der Waals surface area contributed by atoms with Crippen LogP contribution < -0.4 is 16.0 Å². The lowest BCUT2D eigenvalue weighted by molar-refractivity contribution is 0.102. The van der Waals surface area contributed by atoms with Gasteiger partial charge in [0.1, 0.15) is 5.82 Å². The Morgan fingerprint density at radius 3 is 2.73 bits per heavy atom. The maximum Gasteiger partial charge on any atom is 0.276 e. The van der Waals surface area contributed by atoms with Crippen LogP contribution in [0.15, 0.2) is 36.8 Å². The summed E-state index contributed by atoms with van der Waals surface area (Å²) in [5.41, 5.74) is 2.59. The van der Waals surface area contributed by atoms with E-state index in [0.29, 0.717) is 28.9 Å². The molecule has 3 N–H and O–H groups in total. The van der Waals surface area contributed by atoms with Crippen molar-refractivity contribution in [3.8, 4) is 0 Å². The number of nitrogens with zero attached hydrogens (tertiary/aromatic N) is 4. The number of hydrogen-bond donors (Lipinski definition) is 3. The van der Waals surface area contributed by atoms with E-state index in [0.717, 1.165) is 18.5 Å². The third kappa shape index (κ3) is 3.17. The van der Waals surface area contributed by atoms with Crippen molar-refractivity contribution in [1.82, 2.24) is 19.6 Å². The number of amides is 1. The Balaban J connectivity index is 1.68. The van der Waals surface area contributed by atoms with E-state index in [1.807, 2.05) is 6.07 Å². The topological polar surface area (TPSA) is 96.2 Å². The Bertz CT molecular complexity index is 916. The molecule has 0 saturated heterocycles. The predicted octanol–water partition coefficient (Wildman–Crippen LogP) is 2.77. The molecule has 0 spiro atoms. The van der Waals surface area contributed by atoms with Crippen LogP contribution in [0.25, 0.3) is 5.65 Å². The van der Waals surface area contributed by atoms with Crippen molar-refractivity contribution in [1.29, 1.82) is 0 Å². The molecule has 0 aliphatic heterocycles. The number of anilines is 3. The van der Waals surface area contributed by atoms with Crippen molar-refractivity contribution >= 4 is 28.7 Å². The summed E-state index contributed by atoms with van der Waals surface area (Å²) in [5.74, 6) is 0.408. The number of nitrogens with one attached hydrogen (secondary N) is 3. The van der Waals surface area contributed by atoms with Gasteiger partial charge in [-0.2, -0.15) is 0 Å². The van der Waals surface area contributed by atoms with Crippen LogP contribution in [0, 0.1) is 0 Å². The van der Waals surface area contributed by atoms with E-state index in [-0.39, 0.29) is 5.91 Å². The minimum atomic E-state index is -0.267. The predicted molar refractivity (Wildman–Crippen MR) is 101 cm³/mol. The first-order valence-electron chi connectivity index (χ1n) is 8.79. The lowest BCUT2D eigenvalue weighted by Crippen LogP contribution is -2.18. The van der Waals surface area contributed by atoms with E-state index >= 15 is 0 Å². The van der Waals surface area contributed by atoms with Gasteiger partial charge in [-0.25, -0.2) is 9.50 Å². The summed E-state index contributed by atoms with van der Waals surface area (Å²) in [4.78, 5) is 21.1. The van der Waals surface area contributed by atoms with E-state index in [1.165, 1.54) is 12.8 Å². The number of imidazole rings is 1. The largest absolute Gasteiger partial charge is 0.379 e. The van der Waals surface area contributed by atoms with Crippen molar-refractivity contribution in [3.63, 3.8) is 0 Å². The maximum absolute atomic E-state index is 12.7. The summed E-state index contributed by atoms with van der Waals surface area (Å²) < 4.78 is 1.58. The molecule has 0 radical (unpaired) electrons. The number of fused-ring (bicyclic) bond motifs is 1. The standard InChI is InChI=1S/C18H21N7O/c1-19-16-10-14(22-12-4-2-3-5-12)17-21-11-15(25(17)24-16)18(26)23-13-6-8-20-9-7-13/h6-12,22H,2-5H2,1H3,(H,19,24)(H,20,23,26). The van der Waals surface area contributed by atoms with E-state index in [9.17, 15) is 4.79 Å². The number of carbonyl (C=O) groups is 1. The summed E-state index contributed by atoms with van der Waals surface area (Å²) in [5, 5.41) is 13.9. The molecule has 4 rings (SSSR count). The zero-order valence-electron chi connectivity index (χ0n) is 14.6. The smallest absolute Gasteiger partial charge is 0.276 e. The van der Waals surface area contributed by atoms with Gasteiger partial charge in [-0.15, -0.1) is 5.10 Å². The number of pyridine rings is 1. The Labute approximate surface area is 151 Å². The zero-order valence-corrected chi connectivity index (χ0v) is 14.6. The van der Waals surface area contributed by atoms with Gasteiger partial charge in [0.15, 0.2) is 11.3 Å². The summed E-state index contributed by atoms with van der Waals surface area (Å²) in [6.07, 6.45) is 9.60. The lowest BCUT2D eigenvalue weighted by atomic mass is 10.2. The SMILES string of the molecule is CNc1cc(NC2CCCC2)c2ncc(C(=O)Nc3ccncc3)n2n1. The molecule has 8 nitrogen and oxygen atoms in total. The highest BCUT2D eigenvalue weighted by Crippen LogP contribution is 2.26. The van der Waals surface area contributed by atoms with E-state index in [2.05, 4.69) is 31.0 Å². The molecule has 134 valence electrons. The van der Waals surface area contributed by atoms with Crippen molar-refractivity contribution in [2.24, 2.45) is 0 Å². The lowest BCUT2D eigenvalue weighted by Gasteiger charge is -2.15. The monoisotopic (exact) mass is 351 g/mol. The molecule has 1 amide bonds. The van der Waals surface area contributed by atoms with Gasteiger partial charge in [0.25, 0.3) is 5.91 Å². The van der Waals surface area contributed by atoms with Crippen molar-refractivity contribution in [3.05, 3.63) is 42.5 Å². The molecule has 1 aliphatic carbocycles. The van der Waals surface area contributed by atoms with Crippen LogP contribution in [0.1, 0.15) is 36.2 Å². The molecule has 1 fully saturated rings. The van der Waals surface area contributed by atoms with Gasteiger partial charge in [-0.3, -0.25) is 9.78 Å². The van der Waals surface area contributed by atoms with E-state index < -0.39 is 0 Å². The Kier molecular flexibility index (Phi) is 4.39. The molecule has 0 atom stereocenters. The second kappa shape index (κ2) is 6.99. The highest BCUT2D eigenvalue weighted by molar-refractivity contribution is 6.03. The fourth-order valence-corrected chi connectivity index (χ4v) is 3.27. The maximum atomic E-state index is 12.7. The molecular formula is C18H21N7O. The third-order valence-corrected chi connectivity index (χ3v) is 4.61. The summed E-state index contributed by atoms with van der Waals surface area (Å²) >= 11 is 0. The van der Waals surface area contributed by atoms with Gasteiger partial charge in [-0.05, 0) is 25.0 Å². The van der Waals surface area contributed by atoms with Gasteiger partial charge in [0.05, 0.1) is 11.9 Å². The second-order valence-electron chi connectivity index (χ2n) is 6.39. The van der Waals surface area contributed by atoms with Crippen molar-refractivity contribution in [2.45, 2.75) is 31.7 Å². The van der Waals surface area contributed by atoms with E-state index in [4.69, 9.17) is 0 Å². The van der Waals surface area contributed by atoms with Gasteiger partial charge in [0.2, 0.25) is 0 Å². The first kappa shape index (κ1) is 16.3. The fourth-order valence-electron chi connectivity index (χ4n) is 3.27. The molecule has 26 heavy (non-hydrogen) atoms. The normalized spacial score (nSPS) is 14.5. The Hall–Kier alpha value is -3.16. The van der Waals surface area contributed by atoms with Gasteiger partial charge in [0, 0.05) is 37.2 Å². The molecule has 3 aromatic rings. The Morgan fingerprint density at radius 2 is 2.00 bits per heavy atom. The van der Waals surface area contributed by atoms with Crippen LogP contribution in [0.4, 0.5) is 17.2 Å². The first-order chi connectivity index (χ1) is 12.7. The number of hydrogen-bond acceptors (Lipinski definition) is 6. The minimum Gasteiger partial charge on any atom is -0.379 e. The summed E-state index contributed by atoms with van der Waals surface area (Å²) in [6, 6.07) is 5.85. The highest BCUT2D eigenvalue weighted by atomic mass is 16.2. The van der Waals surface area contributed by atoms with Gasteiger partial charge >= 0.3 is 0 Å². The highest BCUT2D eigenvalue weighted by Gasteiger charge is 2.20. The van der Waals surface area contributed by atoms with Gasteiger partial charge in [-0.1, -0.05) is 12.8 Å². The number of carbonyl (C=O) groups excluding carboxylic acids is 1. The quantitative estimate of drug-likeness (QED) is 0.654. The number of rotatable bonds is 5. The molecule has 1 saturated carbocycles. The Morgan fingerprint density at radius 1 is 1.23 bits per heavy atom. The zero-order chi connectivity index (χ0) is 17.9. The summed E-state index contributed by atoms with van der Waals surface area (Å²) in [7, 11) is 1.81. The molecule has 8 heteroatoms. The number of aromatic nitrogens is 4. The molecular weight excluding hydrogens is 330 g/mol. The molecule has 0 unspecified atom stereocenters. The fraction of sp³-hybridized carbons (Fsp3) is 0.333. The third-order valence-electron chi connectivity index (χ3n) is 4.61.